The average Bonchev–Trinajstić information content (AvgIpc) is 2.67. The molecule has 1 amide bonds. The van der Waals surface area contributed by atoms with Crippen LogP contribution in [-0.4, -0.2) is 5.91 Å². The van der Waals surface area contributed by atoms with Crippen molar-refractivity contribution < 1.29 is 4.79 Å². The van der Waals surface area contributed by atoms with E-state index >= 15 is 0 Å². The minimum absolute atomic E-state index is 0.372. The van der Waals surface area contributed by atoms with Gasteiger partial charge in [0.2, 0.25) is 0 Å². The molecule has 1 aromatic rings. The number of hydrogen-bond acceptors (Lipinski definition) is 3. The van der Waals surface area contributed by atoms with E-state index in [4.69, 9.17) is 5.73 Å². The minimum atomic E-state index is -0.827. The van der Waals surface area contributed by atoms with Crippen LogP contribution in [0.3, 0.4) is 0 Å². The molecule has 1 unspecified atom stereocenters. The van der Waals surface area contributed by atoms with Gasteiger partial charge in [-0.1, -0.05) is 41.6 Å². The molecule has 2 rings (SSSR count). The van der Waals surface area contributed by atoms with E-state index in [2.05, 4.69) is 5.32 Å². The highest BCUT2D eigenvalue weighted by molar-refractivity contribution is 8.03. The third kappa shape index (κ3) is 1.61. The summed E-state index contributed by atoms with van der Waals surface area (Å²) in [6.07, 6.45) is 1.75. The van der Waals surface area contributed by atoms with E-state index < -0.39 is 4.87 Å². The van der Waals surface area contributed by atoms with Crippen LogP contribution in [0.5, 0.6) is 0 Å². The van der Waals surface area contributed by atoms with Crippen molar-refractivity contribution in [2.75, 3.05) is 0 Å². The number of aryl methyl sites for hydroxylation is 1. The summed E-state index contributed by atoms with van der Waals surface area (Å²) >= 11 is 1.39. The Morgan fingerprint density at radius 3 is 2.87 bits per heavy atom. The number of primary amides is 1. The molecule has 15 heavy (non-hydrogen) atoms. The summed E-state index contributed by atoms with van der Waals surface area (Å²) in [6, 6.07) is 7.80. The Labute approximate surface area is 92.7 Å². The van der Waals surface area contributed by atoms with Gasteiger partial charge in [0.25, 0.3) is 5.91 Å². The first-order valence-corrected chi connectivity index (χ1v) is 5.51. The van der Waals surface area contributed by atoms with Gasteiger partial charge in [0.05, 0.1) is 0 Å². The Morgan fingerprint density at radius 1 is 1.53 bits per heavy atom. The van der Waals surface area contributed by atoms with E-state index in [0.717, 1.165) is 11.1 Å². The van der Waals surface area contributed by atoms with Gasteiger partial charge in [0.1, 0.15) is 0 Å². The molecule has 1 aromatic carbocycles. The summed E-state index contributed by atoms with van der Waals surface area (Å²) in [5.74, 6) is -0.372. The topological polar surface area (TPSA) is 55.1 Å². The van der Waals surface area contributed by atoms with Crippen molar-refractivity contribution in [3.8, 4) is 0 Å². The fourth-order valence-electron chi connectivity index (χ4n) is 1.61. The Bertz CT molecular complexity index is 420. The lowest BCUT2D eigenvalue weighted by Crippen LogP contribution is -2.45. The van der Waals surface area contributed by atoms with E-state index in [1.54, 1.807) is 6.20 Å². The molecule has 0 aromatic heterocycles. The third-order valence-corrected chi connectivity index (χ3v) is 3.55. The van der Waals surface area contributed by atoms with Crippen LogP contribution < -0.4 is 11.1 Å². The molecule has 1 atom stereocenters. The largest absolute Gasteiger partial charge is 0.367 e. The summed E-state index contributed by atoms with van der Waals surface area (Å²) in [6.45, 7) is 1.99. The van der Waals surface area contributed by atoms with Gasteiger partial charge in [-0.15, -0.1) is 0 Å². The van der Waals surface area contributed by atoms with Gasteiger partial charge in [-0.3, -0.25) is 4.79 Å². The molecule has 0 saturated carbocycles. The zero-order valence-corrected chi connectivity index (χ0v) is 9.17. The molecule has 78 valence electrons. The number of carbonyl (C=O) groups is 1. The predicted octanol–water partition coefficient (Wildman–Crippen LogP) is 1.44. The maximum absolute atomic E-state index is 11.5. The number of amides is 1. The molecule has 3 N–H and O–H groups in total. The molecular weight excluding hydrogens is 208 g/mol. The van der Waals surface area contributed by atoms with Crippen molar-refractivity contribution in [3.63, 3.8) is 0 Å². The van der Waals surface area contributed by atoms with Gasteiger partial charge in [0, 0.05) is 6.20 Å². The lowest BCUT2D eigenvalue weighted by atomic mass is 10.0. The lowest BCUT2D eigenvalue weighted by Gasteiger charge is -2.25. The average molecular weight is 220 g/mol. The molecule has 0 bridgehead atoms. The van der Waals surface area contributed by atoms with Crippen LogP contribution in [0.25, 0.3) is 0 Å². The molecule has 0 radical (unpaired) electrons. The lowest BCUT2D eigenvalue weighted by molar-refractivity contribution is -0.121. The summed E-state index contributed by atoms with van der Waals surface area (Å²) in [7, 11) is 0. The Kier molecular flexibility index (Phi) is 2.44. The van der Waals surface area contributed by atoms with Gasteiger partial charge in [-0.05, 0) is 17.9 Å². The highest BCUT2D eigenvalue weighted by Crippen LogP contribution is 2.38. The Morgan fingerprint density at radius 2 is 2.33 bits per heavy atom. The first kappa shape index (κ1) is 10.1. The van der Waals surface area contributed by atoms with Crippen LogP contribution in [0.4, 0.5) is 0 Å². The maximum atomic E-state index is 11.5. The van der Waals surface area contributed by atoms with Crippen LogP contribution in [0, 0.1) is 6.92 Å². The van der Waals surface area contributed by atoms with Crippen molar-refractivity contribution in [1.82, 2.24) is 5.32 Å². The molecule has 0 saturated heterocycles. The van der Waals surface area contributed by atoms with E-state index in [1.165, 1.54) is 11.8 Å². The SMILES string of the molecule is Cc1cccc(C2(C(N)=O)NC=CS2)c1. The molecule has 0 aliphatic carbocycles. The predicted molar refractivity (Wildman–Crippen MR) is 61.9 cm³/mol. The normalized spacial score (nSPS) is 23.8. The molecule has 1 aliphatic heterocycles. The Hall–Kier alpha value is -1.42. The van der Waals surface area contributed by atoms with Gasteiger partial charge >= 0.3 is 0 Å². The van der Waals surface area contributed by atoms with E-state index in [9.17, 15) is 4.79 Å². The molecule has 0 spiro atoms. The van der Waals surface area contributed by atoms with Crippen LogP contribution in [0.15, 0.2) is 35.9 Å². The van der Waals surface area contributed by atoms with Gasteiger partial charge in [-0.25, -0.2) is 0 Å². The monoisotopic (exact) mass is 220 g/mol. The van der Waals surface area contributed by atoms with Crippen LogP contribution in [0.1, 0.15) is 11.1 Å². The number of rotatable bonds is 2. The molecule has 3 nitrogen and oxygen atoms in total. The smallest absolute Gasteiger partial charge is 0.258 e. The van der Waals surface area contributed by atoms with E-state index in [1.807, 2.05) is 36.6 Å². The van der Waals surface area contributed by atoms with Crippen molar-refractivity contribution in [1.29, 1.82) is 0 Å². The van der Waals surface area contributed by atoms with Gasteiger partial charge in [0.15, 0.2) is 4.87 Å². The van der Waals surface area contributed by atoms with Crippen LogP contribution >= 0.6 is 11.8 Å². The first-order valence-electron chi connectivity index (χ1n) is 4.63. The second-order valence-corrected chi connectivity index (χ2v) is 4.60. The van der Waals surface area contributed by atoms with Crippen LogP contribution in [-0.2, 0) is 9.67 Å². The maximum Gasteiger partial charge on any atom is 0.258 e. The molecule has 1 aliphatic rings. The van der Waals surface area contributed by atoms with E-state index in [-0.39, 0.29) is 5.91 Å². The third-order valence-electron chi connectivity index (χ3n) is 2.37. The number of benzene rings is 1. The number of nitrogens with one attached hydrogen (secondary N) is 1. The van der Waals surface area contributed by atoms with E-state index in [0.29, 0.717) is 0 Å². The standard InChI is InChI=1S/C11H12N2OS/c1-8-3-2-4-9(7-8)11(10(12)14)13-5-6-15-11/h2-7,13H,1H3,(H2,12,14). The highest BCUT2D eigenvalue weighted by Gasteiger charge is 2.40. The second kappa shape index (κ2) is 3.62. The van der Waals surface area contributed by atoms with Gasteiger partial charge < -0.3 is 11.1 Å². The summed E-state index contributed by atoms with van der Waals surface area (Å²) < 4.78 is 0. The first-order chi connectivity index (χ1) is 7.15. The summed E-state index contributed by atoms with van der Waals surface area (Å²) in [4.78, 5) is 10.7. The zero-order valence-electron chi connectivity index (χ0n) is 8.36. The van der Waals surface area contributed by atoms with Crippen molar-refractivity contribution in [2.24, 2.45) is 5.73 Å². The van der Waals surface area contributed by atoms with Crippen LogP contribution in [0.2, 0.25) is 0 Å². The number of hydrogen-bond donors (Lipinski definition) is 2. The molecule has 4 heteroatoms. The summed E-state index contributed by atoms with van der Waals surface area (Å²) in [5.41, 5.74) is 7.46. The number of nitrogens with two attached hydrogens (primary N) is 1. The van der Waals surface area contributed by atoms with Gasteiger partial charge in [-0.2, -0.15) is 0 Å². The minimum Gasteiger partial charge on any atom is -0.367 e. The van der Waals surface area contributed by atoms with Crippen molar-refractivity contribution in [3.05, 3.63) is 47.0 Å². The second-order valence-electron chi connectivity index (χ2n) is 3.48. The van der Waals surface area contributed by atoms with Crippen molar-refractivity contribution >= 4 is 17.7 Å². The highest BCUT2D eigenvalue weighted by atomic mass is 32.2. The number of thioether (sulfide) groups is 1. The molecule has 0 fully saturated rings. The fourth-order valence-corrected chi connectivity index (χ4v) is 2.46. The molecule has 1 heterocycles. The fraction of sp³-hybridized carbons (Fsp3) is 0.182. The quantitative estimate of drug-likeness (QED) is 0.793. The summed E-state index contributed by atoms with van der Waals surface area (Å²) in [5, 5.41) is 4.86. The Balaban J connectivity index is 2.46. The zero-order chi connectivity index (χ0) is 10.9. The molecular formula is C11H12N2OS. The number of carbonyl (C=O) groups excluding carboxylic acids is 1. The van der Waals surface area contributed by atoms with Crippen molar-refractivity contribution in [2.45, 2.75) is 11.8 Å².